The van der Waals surface area contributed by atoms with Gasteiger partial charge in [0.1, 0.15) is 0 Å². The molecule has 3 heterocycles. The number of rotatable bonds is 6. The molecule has 3 N–H and O–H groups in total. The average molecular weight is 457 g/mol. The fourth-order valence-corrected chi connectivity index (χ4v) is 3.55. The SMILES string of the molecule is N#Cc1ccc2nccc(Nc3cncc(C(=O)Nc4ccc(Nc5ccncc5)cc4)c3)c2c1. The second-order valence-electron chi connectivity index (χ2n) is 7.68. The smallest absolute Gasteiger partial charge is 0.257 e. The molecule has 0 aliphatic carbocycles. The number of aromatic nitrogens is 3. The number of fused-ring (bicyclic) bond motifs is 1. The zero-order chi connectivity index (χ0) is 24.0. The van der Waals surface area contributed by atoms with Crippen molar-refractivity contribution in [2.75, 3.05) is 16.0 Å². The number of benzene rings is 2. The second-order valence-corrected chi connectivity index (χ2v) is 7.68. The van der Waals surface area contributed by atoms with Gasteiger partial charge in [-0.3, -0.25) is 19.7 Å². The third-order valence-corrected chi connectivity index (χ3v) is 5.26. The third kappa shape index (κ3) is 5.05. The van der Waals surface area contributed by atoms with Crippen molar-refractivity contribution in [1.29, 1.82) is 5.26 Å². The van der Waals surface area contributed by atoms with Gasteiger partial charge in [0.25, 0.3) is 5.91 Å². The van der Waals surface area contributed by atoms with Crippen molar-refractivity contribution in [3.05, 3.63) is 109 Å². The number of hydrogen-bond acceptors (Lipinski definition) is 7. The summed E-state index contributed by atoms with van der Waals surface area (Å²) in [6, 6.07) is 22.2. The Balaban J connectivity index is 1.30. The summed E-state index contributed by atoms with van der Waals surface area (Å²) in [5.41, 5.74) is 5.61. The first-order chi connectivity index (χ1) is 17.2. The monoisotopic (exact) mass is 457 g/mol. The maximum absolute atomic E-state index is 12.8. The van der Waals surface area contributed by atoms with E-state index in [2.05, 4.69) is 37.0 Å². The van der Waals surface area contributed by atoms with Crippen LogP contribution in [0.25, 0.3) is 10.9 Å². The topological polar surface area (TPSA) is 116 Å². The van der Waals surface area contributed by atoms with Gasteiger partial charge in [0, 0.05) is 52.9 Å². The molecule has 8 nitrogen and oxygen atoms in total. The highest BCUT2D eigenvalue weighted by Crippen LogP contribution is 2.26. The molecule has 5 aromatic rings. The van der Waals surface area contributed by atoms with Crippen LogP contribution in [0.1, 0.15) is 15.9 Å². The largest absolute Gasteiger partial charge is 0.355 e. The molecule has 0 bridgehead atoms. The Morgan fingerprint density at radius 3 is 2.31 bits per heavy atom. The summed E-state index contributed by atoms with van der Waals surface area (Å²) in [4.78, 5) is 25.4. The molecule has 0 radical (unpaired) electrons. The van der Waals surface area contributed by atoms with Gasteiger partial charge in [0.2, 0.25) is 0 Å². The van der Waals surface area contributed by atoms with Gasteiger partial charge >= 0.3 is 0 Å². The minimum absolute atomic E-state index is 0.276. The highest BCUT2D eigenvalue weighted by atomic mass is 16.1. The molecule has 0 aliphatic rings. The molecular weight excluding hydrogens is 438 g/mol. The van der Waals surface area contributed by atoms with Gasteiger partial charge in [-0.25, -0.2) is 0 Å². The first-order valence-corrected chi connectivity index (χ1v) is 10.8. The van der Waals surface area contributed by atoms with Crippen molar-refractivity contribution in [2.24, 2.45) is 0 Å². The van der Waals surface area contributed by atoms with Crippen molar-refractivity contribution in [2.45, 2.75) is 0 Å². The molecule has 0 unspecified atom stereocenters. The number of anilines is 5. The predicted molar refractivity (Wildman–Crippen MR) is 136 cm³/mol. The summed E-state index contributed by atoms with van der Waals surface area (Å²) in [7, 11) is 0. The van der Waals surface area contributed by atoms with Crippen molar-refractivity contribution >= 4 is 45.2 Å². The van der Waals surface area contributed by atoms with Crippen LogP contribution in [0.5, 0.6) is 0 Å². The summed E-state index contributed by atoms with van der Waals surface area (Å²) in [6.45, 7) is 0. The third-order valence-electron chi connectivity index (χ3n) is 5.26. The van der Waals surface area contributed by atoms with E-state index >= 15 is 0 Å². The van der Waals surface area contributed by atoms with Crippen LogP contribution < -0.4 is 16.0 Å². The summed E-state index contributed by atoms with van der Waals surface area (Å²) in [6.07, 6.45) is 8.27. The summed E-state index contributed by atoms with van der Waals surface area (Å²) >= 11 is 0. The van der Waals surface area contributed by atoms with E-state index in [4.69, 9.17) is 0 Å². The van der Waals surface area contributed by atoms with Crippen LogP contribution in [0.3, 0.4) is 0 Å². The van der Waals surface area contributed by atoms with Crippen molar-refractivity contribution < 1.29 is 4.79 Å². The molecule has 35 heavy (non-hydrogen) atoms. The first kappa shape index (κ1) is 21.6. The second kappa shape index (κ2) is 9.68. The Morgan fingerprint density at radius 2 is 1.51 bits per heavy atom. The highest BCUT2D eigenvalue weighted by molar-refractivity contribution is 6.05. The fraction of sp³-hybridized carbons (Fsp3) is 0. The molecule has 0 spiro atoms. The number of hydrogen-bond donors (Lipinski definition) is 3. The lowest BCUT2D eigenvalue weighted by Gasteiger charge is -2.11. The van der Waals surface area contributed by atoms with Crippen LogP contribution >= 0.6 is 0 Å². The highest BCUT2D eigenvalue weighted by Gasteiger charge is 2.10. The molecule has 5 rings (SSSR count). The van der Waals surface area contributed by atoms with Gasteiger partial charge in [0.15, 0.2) is 0 Å². The van der Waals surface area contributed by atoms with Crippen molar-refractivity contribution in [3.63, 3.8) is 0 Å². The Kier molecular flexibility index (Phi) is 5.96. The van der Waals surface area contributed by atoms with Gasteiger partial charge in [-0.1, -0.05) is 0 Å². The Morgan fingerprint density at radius 1 is 0.743 bits per heavy atom. The van der Waals surface area contributed by atoms with Crippen LogP contribution in [0.15, 0.2) is 97.7 Å². The molecule has 2 aromatic carbocycles. The first-order valence-electron chi connectivity index (χ1n) is 10.8. The van der Waals surface area contributed by atoms with E-state index in [9.17, 15) is 10.1 Å². The van der Waals surface area contributed by atoms with Gasteiger partial charge in [0.05, 0.1) is 34.6 Å². The van der Waals surface area contributed by atoms with E-state index in [0.717, 1.165) is 28.0 Å². The maximum Gasteiger partial charge on any atom is 0.257 e. The van der Waals surface area contributed by atoms with E-state index in [1.54, 1.807) is 49.1 Å². The lowest BCUT2D eigenvalue weighted by Crippen LogP contribution is -2.12. The molecular formula is C27H19N7O. The molecule has 0 aliphatic heterocycles. The number of carbonyl (C=O) groups excluding carboxylic acids is 1. The molecule has 1 amide bonds. The van der Waals surface area contributed by atoms with Crippen LogP contribution in [-0.4, -0.2) is 20.9 Å². The Hall–Kier alpha value is -5.29. The number of nitriles is 1. The van der Waals surface area contributed by atoms with Crippen molar-refractivity contribution in [3.8, 4) is 6.07 Å². The fourth-order valence-electron chi connectivity index (χ4n) is 3.55. The van der Waals surface area contributed by atoms with E-state index in [0.29, 0.717) is 22.5 Å². The lowest BCUT2D eigenvalue weighted by atomic mass is 10.1. The molecule has 168 valence electrons. The van der Waals surface area contributed by atoms with Crippen molar-refractivity contribution in [1.82, 2.24) is 15.0 Å². The van der Waals surface area contributed by atoms with Gasteiger partial charge < -0.3 is 16.0 Å². The quantitative estimate of drug-likeness (QED) is 0.302. The average Bonchev–Trinajstić information content (AvgIpc) is 2.90. The molecule has 8 heteroatoms. The maximum atomic E-state index is 12.8. The van der Waals surface area contributed by atoms with Gasteiger partial charge in [-0.15, -0.1) is 0 Å². The normalized spacial score (nSPS) is 10.4. The van der Waals surface area contributed by atoms with E-state index in [-0.39, 0.29) is 5.91 Å². The predicted octanol–water partition coefficient (Wildman–Crippen LogP) is 5.64. The minimum Gasteiger partial charge on any atom is -0.355 e. The minimum atomic E-state index is -0.276. The molecule has 3 aromatic heterocycles. The molecule has 0 atom stereocenters. The zero-order valence-electron chi connectivity index (χ0n) is 18.4. The van der Waals surface area contributed by atoms with Crippen LogP contribution in [0.4, 0.5) is 28.4 Å². The number of nitrogens with zero attached hydrogens (tertiary/aromatic N) is 4. The van der Waals surface area contributed by atoms with Crippen LogP contribution in [0.2, 0.25) is 0 Å². The Bertz CT molecular complexity index is 1540. The van der Waals surface area contributed by atoms with Gasteiger partial charge in [-0.05, 0) is 66.7 Å². The van der Waals surface area contributed by atoms with Crippen LogP contribution in [0, 0.1) is 11.3 Å². The standard InChI is InChI=1S/C27H19N7O/c28-15-18-1-6-25-24(13-18)26(9-12-31-25)33-23-14-19(16-30-17-23)27(35)34-21-4-2-20(3-5-21)32-22-7-10-29-11-8-22/h1-14,16-17H,(H,29,32)(H,31,33)(H,34,35). The zero-order valence-corrected chi connectivity index (χ0v) is 18.4. The number of amides is 1. The summed E-state index contributed by atoms with van der Waals surface area (Å²) in [5, 5.41) is 19.5. The van der Waals surface area contributed by atoms with E-state index in [1.807, 2.05) is 42.5 Å². The Labute approximate surface area is 201 Å². The van der Waals surface area contributed by atoms with E-state index < -0.39 is 0 Å². The summed E-state index contributed by atoms with van der Waals surface area (Å²) < 4.78 is 0. The van der Waals surface area contributed by atoms with Gasteiger partial charge in [-0.2, -0.15) is 5.26 Å². The van der Waals surface area contributed by atoms with E-state index in [1.165, 1.54) is 6.20 Å². The molecule has 0 saturated carbocycles. The molecule has 0 fully saturated rings. The molecule has 0 saturated heterocycles. The number of carbonyl (C=O) groups is 1. The number of pyridine rings is 3. The lowest BCUT2D eigenvalue weighted by molar-refractivity contribution is 0.102. The number of nitrogens with one attached hydrogen (secondary N) is 3. The van der Waals surface area contributed by atoms with Crippen LogP contribution in [-0.2, 0) is 0 Å². The summed E-state index contributed by atoms with van der Waals surface area (Å²) in [5.74, 6) is -0.276.